The van der Waals surface area contributed by atoms with E-state index < -0.39 is 9.90 Å². The van der Waals surface area contributed by atoms with E-state index in [4.69, 9.17) is 34.8 Å². The molecule has 1 aromatic heterocycles. The van der Waals surface area contributed by atoms with E-state index in [-0.39, 0.29) is 17.4 Å². The van der Waals surface area contributed by atoms with Crippen molar-refractivity contribution in [1.82, 2.24) is 10.2 Å². The summed E-state index contributed by atoms with van der Waals surface area (Å²) >= 11 is 17.4. The highest BCUT2D eigenvalue weighted by Gasteiger charge is 2.39. The van der Waals surface area contributed by atoms with Gasteiger partial charge < -0.3 is 5.11 Å². The molecule has 1 heterocycles. The van der Waals surface area contributed by atoms with E-state index in [0.29, 0.717) is 5.39 Å². The Morgan fingerprint density at radius 1 is 1.13 bits per heavy atom. The highest BCUT2D eigenvalue weighted by molar-refractivity contribution is 6.68. The Labute approximate surface area is 148 Å². The summed E-state index contributed by atoms with van der Waals surface area (Å²) in [6.45, 7) is 0. The number of alkyl halides is 3. The predicted octanol–water partition coefficient (Wildman–Crippen LogP) is 3.93. The van der Waals surface area contributed by atoms with Crippen molar-refractivity contribution in [3.8, 4) is 0 Å². The zero-order valence-electron chi connectivity index (χ0n) is 12.3. The van der Waals surface area contributed by atoms with E-state index in [9.17, 15) is 9.90 Å². The van der Waals surface area contributed by atoms with Crippen LogP contribution in [0.5, 0.6) is 0 Å². The van der Waals surface area contributed by atoms with Crippen molar-refractivity contribution in [3.05, 3.63) is 40.3 Å². The fourth-order valence-electron chi connectivity index (χ4n) is 3.42. The highest BCUT2D eigenvalue weighted by Crippen LogP contribution is 2.43. The number of hydrogen-bond acceptors (Lipinski definition) is 3. The van der Waals surface area contributed by atoms with Crippen molar-refractivity contribution >= 4 is 45.6 Å². The summed E-state index contributed by atoms with van der Waals surface area (Å²) < 4.78 is -1.65. The standard InChI is InChI=1S/C16H17Cl3N2O2/c17-16(18,19)14(22)10-7-5-9(6-8-10)13-11-3-1-2-4-12(11)15(23)21-20-13/h1-4,9-10,14,22H,5-8H2,(H,21,23). The number of H-pyrrole nitrogens is 1. The molecule has 23 heavy (non-hydrogen) atoms. The van der Waals surface area contributed by atoms with Crippen LogP contribution >= 0.6 is 34.8 Å². The van der Waals surface area contributed by atoms with Gasteiger partial charge in [0.15, 0.2) is 0 Å². The molecule has 124 valence electrons. The first-order valence-electron chi connectivity index (χ1n) is 7.60. The number of hydrogen-bond donors (Lipinski definition) is 2. The zero-order valence-corrected chi connectivity index (χ0v) is 14.6. The van der Waals surface area contributed by atoms with Crippen LogP contribution in [-0.2, 0) is 0 Å². The zero-order chi connectivity index (χ0) is 16.6. The third-order valence-electron chi connectivity index (χ3n) is 4.67. The van der Waals surface area contributed by atoms with Gasteiger partial charge in [-0.25, -0.2) is 5.10 Å². The number of aliphatic hydroxyl groups is 1. The van der Waals surface area contributed by atoms with Crippen LogP contribution in [0.4, 0.5) is 0 Å². The molecular formula is C16H17Cl3N2O2. The van der Waals surface area contributed by atoms with Gasteiger partial charge in [-0.2, -0.15) is 5.10 Å². The lowest BCUT2D eigenvalue weighted by molar-refractivity contribution is 0.0838. The van der Waals surface area contributed by atoms with Crippen LogP contribution in [0.2, 0.25) is 0 Å². The van der Waals surface area contributed by atoms with Crippen LogP contribution in [0.1, 0.15) is 37.3 Å². The van der Waals surface area contributed by atoms with Crippen molar-refractivity contribution in [2.24, 2.45) is 5.92 Å². The van der Waals surface area contributed by atoms with Crippen LogP contribution in [0.3, 0.4) is 0 Å². The van der Waals surface area contributed by atoms with Crippen LogP contribution in [0.15, 0.2) is 29.1 Å². The monoisotopic (exact) mass is 374 g/mol. The summed E-state index contributed by atoms with van der Waals surface area (Å²) in [6.07, 6.45) is 2.23. The molecule has 1 aliphatic carbocycles. The molecule has 2 aromatic rings. The van der Waals surface area contributed by atoms with Crippen molar-refractivity contribution in [1.29, 1.82) is 0 Å². The van der Waals surface area contributed by atoms with Gasteiger partial charge in [-0.3, -0.25) is 4.79 Å². The van der Waals surface area contributed by atoms with Gasteiger partial charge in [0.25, 0.3) is 5.56 Å². The average molecular weight is 376 g/mol. The molecule has 1 aliphatic rings. The second-order valence-electron chi connectivity index (χ2n) is 6.08. The van der Waals surface area contributed by atoms with Gasteiger partial charge in [0.2, 0.25) is 3.79 Å². The van der Waals surface area contributed by atoms with Crippen molar-refractivity contribution in [3.63, 3.8) is 0 Å². The molecule has 0 aliphatic heterocycles. The first-order chi connectivity index (χ1) is 10.9. The topological polar surface area (TPSA) is 66.0 Å². The third kappa shape index (κ3) is 3.50. The number of nitrogens with one attached hydrogen (secondary N) is 1. The Kier molecular flexibility index (Phi) is 4.88. The van der Waals surface area contributed by atoms with Crippen LogP contribution < -0.4 is 5.56 Å². The number of rotatable bonds is 2. The molecule has 3 rings (SSSR count). The van der Waals surface area contributed by atoms with Crippen molar-refractivity contribution in [2.75, 3.05) is 0 Å². The van der Waals surface area contributed by atoms with Gasteiger partial charge in [-0.05, 0) is 37.7 Å². The summed E-state index contributed by atoms with van der Waals surface area (Å²) in [5, 5.41) is 18.5. The average Bonchev–Trinajstić information content (AvgIpc) is 2.54. The summed E-state index contributed by atoms with van der Waals surface area (Å²) in [7, 11) is 0. The molecule has 0 saturated heterocycles. The summed E-state index contributed by atoms with van der Waals surface area (Å²) in [5.41, 5.74) is 0.728. The van der Waals surface area contributed by atoms with E-state index in [0.717, 1.165) is 36.8 Å². The van der Waals surface area contributed by atoms with Gasteiger partial charge >= 0.3 is 0 Å². The lowest BCUT2D eigenvalue weighted by Gasteiger charge is -2.34. The minimum absolute atomic E-state index is 0.0345. The third-order valence-corrected chi connectivity index (χ3v) is 5.34. The second kappa shape index (κ2) is 6.60. The number of aromatic amines is 1. The van der Waals surface area contributed by atoms with E-state index in [1.165, 1.54) is 0 Å². The van der Waals surface area contributed by atoms with Gasteiger partial charge in [0.05, 0.1) is 11.1 Å². The molecular weight excluding hydrogens is 359 g/mol. The number of fused-ring (bicyclic) bond motifs is 1. The fraction of sp³-hybridized carbons (Fsp3) is 0.500. The second-order valence-corrected chi connectivity index (χ2v) is 8.45. The molecule has 0 spiro atoms. The van der Waals surface area contributed by atoms with Gasteiger partial charge in [0.1, 0.15) is 6.10 Å². The Bertz CT molecular complexity index is 749. The maximum atomic E-state index is 11.9. The largest absolute Gasteiger partial charge is 0.388 e. The minimum Gasteiger partial charge on any atom is -0.388 e. The number of aromatic nitrogens is 2. The Hall–Kier alpha value is -0.810. The molecule has 1 saturated carbocycles. The molecule has 1 fully saturated rings. The molecule has 4 nitrogen and oxygen atoms in total. The molecule has 0 amide bonds. The predicted molar refractivity (Wildman–Crippen MR) is 93.4 cm³/mol. The van der Waals surface area contributed by atoms with Gasteiger partial charge in [-0.15, -0.1) is 0 Å². The van der Waals surface area contributed by atoms with E-state index in [1.807, 2.05) is 18.2 Å². The van der Waals surface area contributed by atoms with Crippen molar-refractivity contribution in [2.45, 2.75) is 41.5 Å². The van der Waals surface area contributed by atoms with Crippen molar-refractivity contribution < 1.29 is 5.11 Å². The maximum Gasteiger partial charge on any atom is 0.272 e. The maximum absolute atomic E-state index is 11.9. The SMILES string of the molecule is O=c1[nH]nc(C2CCC(C(O)C(Cl)(Cl)Cl)CC2)c2ccccc12. The van der Waals surface area contributed by atoms with Crippen LogP contribution in [0.25, 0.3) is 10.8 Å². The number of benzene rings is 1. The number of nitrogens with zero attached hydrogens (tertiary/aromatic N) is 1. The first kappa shape index (κ1) is 17.0. The van der Waals surface area contributed by atoms with E-state index in [2.05, 4.69) is 10.2 Å². The van der Waals surface area contributed by atoms with Gasteiger partial charge in [-0.1, -0.05) is 53.0 Å². The summed E-state index contributed by atoms with van der Waals surface area (Å²) in [6, 6.07) is 7.48. The number of halogens is 3. The number of aliphatic hydroxyl groups excluding tert-OH is 1. The highest BCUT2D eigenvalue weighted by atomic mass is 35.6. The molecule has 1 atom stereocenters. The first-order valence-corrected chi connectivity index (χ1v) is 8.73. The van der Waals surface area contributed by atoms with Gasteiger partial charge in [0, 0.05) is 11.3 Å². The minimum atomic E-state index is -1.65. The normalized spacial score (nSPS) is 23.8. The summed E-state index contributed by atoms with van der Waals surface area (Å²) in [5.74, 6) is 0.198. The van der Waals surface area contributed by atoms with E-state index in [1.54, 1.807) is 6.07 Å². The fourth-order valence-corrected chi connectivity index (χ4v) is 3.96. The molecule has 7 heteroatoms. The molecule has 1 unspecified atom stereocenters. The smallest absolute Gasteiger partial charge is 0.272 e. The molecule has 0 radical (unpaired) electrons. The molecule has 2 N–H and O–H groups in total. The van der Waals surface area contributed by atoms with Crippen LogP contribution in [0, 0.1) is 5.92 Å². The van der Waals surface area contributed by atoms with Crippen LogP contribution in [-0.4, -0.2) is 25.2 Å². The van der Waals surface area contributed by atoms with E-state index >= 15 is 0 Å². The Morgan fingerprint density at radius 3 is 2.35 bits per heavy atom. The Balaban J connectivity index is 1.81. The quantitative estimate of drug-likeness (QED) is 0.782. The molecule has 1 aromatic carbocycles. The molecule has 0 bridgehead atoms. The summed E-state index contributed by atoms with van der Waals surface area (Å²) in [4.78, 5) is 11.9. The Morgan fingerprint density at radius 2 is 1.74 bits per heavy atom. The lowest BCUT2D eigenvalue weighted by atomic mass is 9.77. The lowest BCUT2D eigenvalue weighted by Crippen LogP contribution is -2.35.